The summed E-state index contributed by atoms with van der Waals surface area (Å²) in [7, 11) is -3.13. The topological polar surface area (TPSA) is 63.4 Å². The molecule has 1 aliphatic heterocycles. The van der Waals surface area contributed by atoms with Crippen molar-refractivity contribution in [1.82, 2.24) is 4.31 Å². The molecule has 1 saturated heterocycles. The average molecular weight is 248 g/mol. The van der Waals surface area contributed by atoms with E-state index in [1.54, 1.807) is 11.2 Å². The molecule has 1 unspecified atom stereocenters. The molecule has 0 amide bonds. The Balaban J connectivity index is 2.60. The Morgan fingerprint density at radius 2 is 1.88 bits per heavy atom. The molecule has 0 saturated carbocycles. The number of piperidine rings is 1. The summed E-state index contributed by atoms with van der Waals surface area (Å²) < 4.78 is 25.5. The zero-order chi connectivity index (χ0) is 12.4. The predicted molar refractivity (Wildman–Crippen MR) is 66.6 cm³/mol. The SMILES string of the molecule is CCC1(C)CCN(S(=O)(=O)CC(C)N)CC1. The van der Waals surface area contributed by atoms with E-state index in [0.29, 0.717) is 18.5 Å². The summed E-state index contributed by atoms with van der Waals surface area (Å²) in [5.74, 6) is 0.0653. The summed E-state index contributed by atoms with van der Waals surface area (Å²) in [6, 6.07) is -0.288. The Morgan fingerprint density at radius 3 is 2.25 bits per heavy atom. The van der Waals surface area contributed by atoms with Crippen molar-refractivity contribution >= 4 is 10.0 Å². The molecule has 1 atom stereocenters. The molecule has 1 aliphatic rings. The van der Waals surface area contributed by atoms with Crippen LogP contribution >= 0.6 is 0 Å². The van der Waals surface area contributed by atoms with E-state index >= 15 is 0 Å². The first-order chi connectivity index (χ1) is 7.29. The van der Waals surface area contributed by atoms with Gasteiger partial charge in [-0.25, -0.2) is 12.7 Å². The molecule has 2 N–H and O–H groups in total. The number of nitrogens with zero attached hydrogens (tertiary/aromatic N) is 1. The van der Waals surface area contributed by atoms with Gasteiger partial charge in [0.25, 0.3) is 0 Å². The molecule has 1 heterocycles. The van der Waals surface area contributed by atoms with E-state index in [4.69, 9.17) is 5.73 Å². The Hall–Kier alpha value is -0.130. The van der Waals surface area contributed by atoms with Gasteiger partial charge in [-0.2, -0.15) is 0 Å². The summed E-state index contributed by atoms with van der Waals surface area (Å²) in [6.45, 7) is 7.45. The molecule has 16 heavy (non-hydrogen) atoms. The lowest BCUT2D eigenvalue weighted by Crippen LogP contribution is -2.45. The molecule has 0 aromatic carbocycles. The van der Waals surface area contributed by atoms with E-state index in [-0.39, 0.29) is 11.8 Å². The van der Waals surface area contributed by atoms with Crippen LogP contribution in [-0.2, 0) is 10.0 Å². The van der Waals surface area contributed by atoms with Crippen LogP contribution in [0.3, 0.4) is 0 Å². The maximum atomic E-state index is 11.9. The van der Waals surface area contributed by atoms with Crippen LogP contribution in [0.2, 0.25) is 0 Å². The maximum Gasteiger partial charge on any atom is 0.215 e. The number of hydrogen-bond donors (Lipinski definition) is 1. The van der Waals surface area contributed by atoms with Crippen LogP contribution in [0, 0.1) is 5.41 Å². The second kappa shape index (κ2) is 5.02. The van der Waals surface area contributed by atoms with Gasteiger partial charge in [-0.3, -0.25) is 0 Å². The van der Waals surface area contributed by atoms with Crippen LogP contribution < -0.4 is 5.73 Å². The molecule has 0 aromatic rings. The highest BCUT2D eigenvalue weighted by Crippen LogP contribution is 2.34. The molecule has 0 spiro atoms. The largest absolute Gasteiger partial charge is 0.327 e. The van der Waals surface area contributed by atoms with Gasteiger partial charge in [0.1, 0.15) is 0 Å². The summed E-state index contributed by atoms with van der Waals surface area (Å²) in [6.07, 6.45) is 3.04. The van der Waals surface area contributed by atoms with E-state index in [1.807, 2.05) is 0 Å². The molecule has 0 radical (unpaired) electrons. The molecular formula is C11H24N2O2S. The molecule has 0 aliphatic carbocycles. The van der Waals surface area contributed by atoms with Crippen LogP contribution in [0.1, 0.15) is 40.0 Å². The van der Waals surface area contributed by atoms with Crippen molar-refractivity contribution in [2.75, 3.05) is 18.8 Å². The van der Waals surface area contributed by atoms with Gasteiger partial charge in [-0.05, 0) is 25.2 Å². The van der Waals surface area contributed by atoms with E-state index < -0.39 is 10.0 Å². The normalized spacial score (nSPS) is 24.2. The first kappa shape index (κ1) is 13.9. The standard InChI is InChI=1S/C11H24N2O2S/c1-4-11(3)5-7-13(8-6-11)16(14,15)9-10(2)12/h10H,4-9,12H2,1-3H3. The minimum Gasteiger partial charge on any atom is -0.327 e. The van der Waals surface area contributed by atoms with Crippen molar-refractivity contribution in [1.29, 1.82) is 0 Å². The van der Waals surface area contributed by atoms with Crippen molar-refractivity contribution in [3.8, 4) is 0 Å². The average Bonchev–Trinajstić information content (AvgIpc) is 2.16. The van der Waals surface area contributed by atoms with Crippen molar-refractivity contribution in [3.05, 3.63) is 0 Å². The van der Waals surface area contributed by atoms with Gasteiger partial charge in [-0.15, -0.1) is 0 Å². The van der Waals surface area contributed by atoms with Gasteiger partial charge in [0.2, 0.25) is 10.0 Å². The Morgan fingerprint density at radius 1 is 1.38 bits per heavy atom. The van der Waals surface area contributed by atoms with Crippen LogP contribution in [0.25, 0.3) is 0 Å². The fraction of sp³-hybridized carbons (Fsp3) is 1.00. The number of hydrogen-bond acceptors (Lipinski definition) is 3. The number of rotatable bonds is 4. The van der Waals surface area contributed by atoms with Gasteiger partial charge < -0.3 is 5.73 Å². The third-order valence-corrected chi connectivity index (χ3v) is 5.75. The molecular weight excluding hydrogens is 224 g/mol. The third kappa shape index (κ3) is 3.43. The lowest BCUT2D eigenvalue weighted by atomic mass is 9.79. The monoisotopic (exact) mass is 248 g/mol. The second-order valence-electron chi connectivity index (χ2n) is 5.32. The lowest BCUT2D eigenvalue weighted by Gasteiger charge is -2.38. The van der Waals surface area contributed by atoms with E-state index in [1.165, 1.54) is 0 Å². The third-order valence-electron chi connectivity index (χ3n) is 3.65. The zero-order valence-corrected chi connectivity index (χ0v) is 11.4. The van der Waals surface area contributed by atoms with Crippen LogP contribution in [0.4, 0.5) is 0 Å². The first-order valence-electron chi connectivity index (χ1n) is 6.02. The fourth-order valence-corrected chi connectivity index (χ4v) is 3.71. The smallest absolute Gasteiger partial charge is 0.215 e. The minimum atomic E-state index is -3.13. The van der Waals surface area contributed by atoms with E-state index in [9.17, 15) is 8.42 Å². The Labute approximate surface area is 99.2 Å². The lowest BCUT2D eigenvalue weighted by molar-refractivity contribution is 0.169. The maximum absolute atomic E-state index is 11.9. The Bertz CT molecular complexity index is 317. The van der Waals surface area contributed by atoms with Gasteiger partial charge in [0, 0.05) is 19.1 Å². The summed E-state index contributed by atoms with van der Waals surface area (Å²) in [5.41, 5.74) is 5.88. The van der Waals surface area contributed by atoms with Gasteiger partial charge in [0.15, 0.2) is 0 Å². The summed E-state index contributed by atoms with van der Waals surface area (Å²) >= 11 is 0. The Kier molecular flexibility index (Phi) is 4.37. The molecule has 96 valence electrons. The zero-order valence-electron chi connectivity index (χ0n) is 10.6. The van der Waals surface area contributed by atoms with Gasteiger partial charge in [-0.1, -0.05) is 20.3 Å². The highest BCUT2D eigenvalue weighted by atomic mass is 32.2. The van der Waals surface area contributed by atoms with Crippen molar-refractivity contribution in [2.24, 2.45) is 11.1 Å². The quantitative estimate of drug-likeness (QED) is 0.812. The van der Waals surface area contributed by atoms with Gasteiger partial charge >= 0.3 is 0 Å². The van der Waals surface area contributed by atoms with Crippen molar-refractivity contribution in [3.63, 3.8) is 0 Å². The fourth-order valence-electron chi connectivity index (χ4n) is 2.10. The van der Waals surface area contributed by atoms with Crippen LogP contribution in [0.15, 0.2) is 0 Å². The number of sulfonamides is 1. The first-order valence-corrected chi connectivity index (χ1v) is 7.63. The molecule has 1 fully saturated rings. The highest BCUT2D eigenvalue weighted by molar-refractivity contribution is 7.89. The summed E-state index contributed by atoms with van der Waals surface area (Å²) in [4.78, 5) is 0. The van der Waals surface area contributed by atoms with Crippen LogP contribution in [-0.4, -0.2) is 37.6 Å². The predicted octanol–water partition coefficient (Wildman–Crippen LogP) is 1.18. The minimum absolute atomic E-state index is 0.0653. The van der Waals surface area contributed by atoms with Crippen molar-refractivity contribution in [2.45, 2.75) is 46.1 Å². The van der Waals surface area contributed by atoms with E-state index in [2.05, 4.69) is 13.8 Å². The molecule has 0 bridgehead atoms. The summed E-state index contributed by atoms with van der Waals surface area (Å²) in [5, 5.41) is 0. The molecule has 0 aromatic heterocycles. The second-order valence-corrected chi connectivity index (χ2v) is 7.33. The highest BCUT2D eigenvalue weighted by Gasteiger charge is 2.33. The molecule has 5 heteroatoms. The van der Waals surface area contributed by atoms with Crippen LogP contribution in [0.5, 0.6) is 0 Å². The van der Waals surface area contributed by atoms with E-state index in [0.717, 1.165) is 19.3 Å². The molecule has 4 nitrogen and oxygen atoms in total. The van der Waals surface area contributed by atoms with Gasteiger partial charge in [0.05, 0.1) is 5.75 Å². The molecule has 1 rings (SSSR count). The number of nitrogens with two attached hydrogens (primary N) is 1. The van der Waals surface area contributed by atoms with Crippen molar-refractivity contribution < 1.29 is 8.42 Å².